The molecular weight excluding hydrogens is 364 g/mol. The highest BCUT2D eigenvalue weighted by atomic mass is 35.5. The molecule has 1 amide bonds. The van der Waals surface area contributed by atoms with Crippen LogP contribution in [0.1, 0.15) is 13.8 Å². The third-order valence-electron chi connectivity index (χ3n) is 3.18. The lowest BCUT2D eigenvalue weighted by Crippen LogP contribution is -2.31. The molecular formula is C16H19ClN4O3S. The SMILES string of the molecule is CCOC(=O)CNC(=O)CSc1nnc(-c2cccc(Cl)c2)n1CC. The van der Waals surface area contributed by atoms with Crippen molar-refractivity contribution >= 4 is 35.2 Å². The van der Waals surface area contributed by atoms with E-state index < -0.39 is 5.97 Å². The van der Waals surface area contributed by atoms with Crippen molar-refractivity contribution in [3.8, 4) is 11.4 Å². The minimum Gasteiger partial charge on any atom is -0.465 e. The molecule has 134 valence electrons. The third kappa shape index (κ3) is 5.47. The Morgan fingerprint density at radius 3 is 2.80 bits per heavy atom. The van der Waals surface area contributed by atoms with Crippen LogP contribution in [0.25, 0.3) is 11.4 Å². The summed E-state index contributed by atoms with van der Waals surface area (Å²) in [5, 5.41) is 12.1. The van der Waals surface area contributed by atoms with Gasteiger partial charge in [-0.2, -0.15) is 0 Å². The molecule has 0 atom stereocenters. The van der Waals surface area contributed by atoms with Crippen LogP contribution >= 0.6 is 23.4 Å². The van der Waals surface area contributed by atoms with Crippen LogP contribution in [0.2, 0.25) is 5.02 Å². The summed E-state index contributed by atoms with van der Waals surface area (Å²) >= 11 is 7.29. The molecule has 1 N–H and O–H groups in total. The van der Waals surface area contributed by atoms with Gasteiger partial charge in [-0.3, -0.25) is 9.59 Å². The third-order valence-corrected chi connectivity index (χ3v) is 4.39. The number of nitrogens with one attached hydrogen (secondary N) is 1. The normalized spacial score (nSPS) is 10.5. The van der Waals surface area contributed by atoms with E-state index in [0.29, 0.717) is 22.5 Å². The largest absolute Gasteiger partial charge is 0.465 e. The number of aromatic nitrogens is 3. The predicted molar refractivity (Wildman–Crippen MR) is 96.5 cm³/mol. The smallest absolute Gasteiger partial charge is 0.325 e. The molecule has 9 heteroatoms. The second kappa shape index (κ2) is 9.43. The Balaban J connectivity index is 1.99. The zero-order valence-corrected chi connectivity index (χ0v) is 15.6. The molecule has 25 heavy (non-hydrogen) atoms. The summed E-state index contributed by atoms with van der Waals surface area (Å²) in [4.78, 5) is 23.1. The molecule has 0 aliphatic rings. The number of rotatable bonds is 8. The van der Waals surface area contributed by atoms with Gasteiger partial charge in [0.05, 0.1) is 12.4 Å². The van der Waals surface area contributed by atoms with Gasteiger partial charge in [-0.05, 0) is 26.0 Å². The lowest BCUT2D eigenvalue weighted by molar-refractivity contribution is -0.143. The Hall–Kier alpha value is -2.06. The Labute approximate surface area is 155 Å². The van der Waals surface area contributed by atoms with E-state index >= 15 is 0 Å². The van der Waals surface area contributed by atoms with Crippen LogP contribution in [-0.2, 0) is 20.9 Å². The van der Waals surface area contributed by atoms with Gasteiger partial charge >= 0.3 is 5.97 Å². The highest BCUT2D eigenvalue weighted by molar-refractivity contribution is 7.99. The molecule has 7 nitrogen and oxygen atoms in total. The number of ether oxygens (including phenoxy) is 1. The highest BCUT2D eigenvalue weighted by Gasteiger charge is 2.15. The van der Waals surface area contributed by atoms with Crippen molar-refractivity contribution in [2.24, 2.45) is 0 Å². The fourth-order valence-corrected chi connectivity index (χ4v) is 3.11. The van der Waals surface area contributed by atoms with Gasteiger partial charge in [0.2, 0.25) is 5.91 Å². The number of carbonyl (C=O) groups is 2. The number of hydrogen-bond acceptors (Lipinski definition) is 6. The lowest BCUT2D eigenvalue weighted by atomic mass is 10.2. The predicted octanol–water partition coefficient (Wildman–Crippen LogP) is 2.39. The summed E-state index contributed by atoms with van der Waals surface area (Å²) in [6, 6.07) is 7.37. The summed E-state index contributed by atoms with van der Waals surface area (Å²) in [5.41, 5.74) is 0.862. The molecule has 0 aliphatic heterocycles. The summed E-state index contributed by atoms with van der Waals surface area (Å²) in [5.74, 6) is 0.0980. The summed E-state index contributed by atoms with van der Waals surface area (Å²) in [6.07, 6.45) is 0. The number of hydrogen-bond donors (Lipinski definition) is 1. The molecule has 0 saturated heterocycles. The molecule has 0 unspecified atom stereocenters. The second-order valence-electron chi connectivity index (χ2n) is 4.93. The molecule has 1 aromatic heterocycles. The van der Waals surface area contributed by atoms with Crippen molar-refractivity contribution in [1.29, 1.82) is 0 Å². The van der Waals surface area contributed by atoms with Crippen LogP contribution in [0.15, 0.2) is 29.4 Å². The van der Waals surface area contributed by atoms with Gasteiger partial charge < -0.3 is 14.6 Å². The van der Waals surface area contributed by atoms with Crippen LogP contribution in [0.3, 0.4) is 0 Å². The fourth-order valence-electron chi connectivity index (χ4n) is 2.09. The zero-order valence-electron chi connectivity index (χ0n) is 14.0. The zero-order chi connectivity index (χ0) is 18.2. The average molecular weight is 383 g/mol. The van der Waals surface area contributed by atoms with Crippen molar-refractivity contribution in [2.75, 3.05) is 18.9 Å². The Kier molecular flexibility index (Phi) is 7.27. The molecule has 0 radical (unpaired) electrons. The molecule has 0 saturated carbocycles. The van der Waals surface area contributed by atoms with E-state index in [4.69, 9.17) is 16.3 Å². The average Bonchev–Trinajstić information content (AvgIpc) is 3.01. The first-order valence-corrected chi connectivity index (χ1v) is 9.15. The van der Waals surface area contributed by atoms with Crippen LogP contribution in [0.4, 0.5) is 0 Å². The van der Waals surface area contributed by atoms with Crippen molar-refractivity contribution < 1.29 is 14.3 Å². The molecule has 2 aromatic rings. The van der Waals surface area contributed by atoms with Gasteiger partial charge in [0.15, 0.2) is 11.0 Å². The molecule has 0 spiro atoms. The summed E-state index contributed by atoms with van der Waals surface area (Å²) < 4.78 is 6.67. The van der Waals surface area contributed by atoms with Gasteiger partial charge in [-0.15, -0.1) is 10.2 Å². The van der Waals surface area contributed by atoms with Crippen molar-refractivity contribution in [3.63, 3.8) is 0 Å². The maximum Gasteiger partial charge on any atom is 0.325 e. The van der Waals surface area contributed by atoms with Gasteiger partial charge in [0.1, 0.15) is 6.54 Å². The first kappa shape index (κ1) is 19.3. The van der Waals surface area contributed by atoms with Crippen LogP contribution in [-0.4, -0.2) is 45.5 Å². The Morgan fingerprint density at radius 1 is 1.32 bits per heavy atom. The second-order valence-corrected chi connectivity index (χ2v) is 6.31. The van der Waals surface area contributed by atoms with E-state index in [9.17, 15) is 9.59 Å². The van der Waals surface area contributed by atoms with Crippen molar-refractivity contribution in [2.45, 2.75) is 25.5 Å². The van der Waals surface area contributed by atoms with Crippen molar-refractivity contribution in [3.05, 3.63) is 29.3 Å². The standard InChI is InChI=1S/C16H19ClN4O3S/c1-3-21-15(11-6-5-7-12(17)8-11)19-20-16(21)25-10-13(22)18-9-14(23)24-4-2/h5-8H,3-4,9-10H2,1-2H3,(H,18,22). The molecule has 1 aromatic carbocycles. The first-order chi connectivity index (χ1) is 12.0. The van der Waals surface area contributed by atoms with E-state index in [1.54, 1.807) is 13.0 Å². The summed E-state index contributed by atoms with van der Waals surface area (Å²) in [6.45, 7) is 4.49. The maximum absolute atomic E-state index is 11.8. The molecule has 2 rings (SSSR count). The summed E-state index contributed by atoms with van der Waals surface area (Å²) in [7, 11) is 0. The van der Waals surface area contributed by atoms with Gasteiger partial charge in [-0.1, -0.05) is 35.5 Å². The molecule has 1 heterocycles. The topological polar surface area (TPSA) is 86.1 Å². The molecule has 0 fully saturated rings. The minimum atomic E-state index is -0.458. The van der Waals surface area contributed by atoms with Crippen LogP contribution in [0, 0.1) is 0 Å². The highest BCUT2D eigenvalue weighted by Crippen LogP contribution is 2.25. The van der Waals surface area contributed by atoms with E-state index in [-0.39, 0.29) is 24.8 Å². The van der Waals surface area contributed by atoms with Gasteiger partial charge in [-0.25, -0.2) is 0 Å². The number of halogens is 1. The lowest BCUT2D eigenvalue weighted by Gasteiger charge is -2.08. The maximum atomic E-state index is 11.8. The van der Waals surface area contributed by atoms with E-state index in [1.165, 1.54) is 11.8 Å². The van der Waals surface area contributed by atoms with E-state index in [2.05, 4.69) is 15.5 Å². The Bertz CT molecular complexity index is 751. The fraction of sp³-hybridized carbons (Fsp3) is 0.375. The van der Waals surface area contributed by atoms with Crippen LogP contribution in [0.5, 0.6) is 0 Å². The van der Waals surface area contributed by atoms with E-state index in [0.717, 1.165) is 5.56 Å². The minimum absolute atomic E-state index is 0.132. The number of thioether (sulfide) groups is 1. The Morgan fingerprint density at radius 2 is 2.12 bits per heavy atom. The number of esters is 1. The van der Waals surface area contributed by atoms with Crippen molar-refractivity contribution in [1.82, 2.24) is 20.1 Å². The molecule has 0 bridgehead atoms. The monoisotopic (exact) mass is 382 g/mol. The number of amides is 1. The molecule has 0 aliphatic carbocycles. The van der Waals surface area contributed by atoms with Gasteiger partial charge in [0, 0.05) is 17.1 Å². The van der Waals surface area contributed by atoms with E-state index in [1.807, 2.05) is 29.7 Å². The van der Waals surface area contributed by atoms with Crippen LogP contribution < -0.4 is 5.32 Å². The quantitative estimate of drug-likeness (QED) is 0.557. The number of carbonyl (C=O) groups excluding carboxylic acids is 2. The number of benzene rings is 1. The van der Waals surface area contributed by atoms with Gasteiger partial charge in [0.25, 0.3) is 0 Å². The first-order valence-electron chi connectivity index (χ1n) is 7.79. The number of nitrogens with zero attached hydrogens (tertiary/aromatic N) is 3.